The van der Waals surface area contributed by atoms with E-state index in [1.807, 2.05) is 42.5 Å². The largest absolute Gasteiger partial charge is 0.493 e. The first kappa shape index (κ1) is 25.3. The highest BCUT2D eigenvalue weighted by atomic mass is 35.5. The summed E-state index contributed by atoms with van der Waals surface area (Å²) in [5.41, 5.74) is 3.60. The van der Waals surface area contributed by atoms with E-state index in [0.29, 0.717) is 30.2 Å². The van der Waals surface area contributed by atoms with Gasteiger partial charge in [-0.05, 0) is 54.8 Å². The van der Waals surface area contributed by atoms with E-state index >= 15 is 0 Å². The molecule has 1 heterocycles. The molecule has 0 saturated heterocycles. The van der Waals surface area contributed by atoms with E-state index in [1.54, 1.807) is 31.4 Å². The quantitative estimate of drug-likeness (QED) is 0.194. The molecule has 0 atom stereocenters. The number of amides is 1. The number of imidazole rings is 1. The number of fused-ring (bicyclic) bond motifs is 1. The number of aryl methyl sites for hydroxylation is 1. The van der Waals surface area contributed by atoms with Crippen molar-refractivity contribution >= 4 is 28.5 Å². The van der Waals surface area contributed by atoms with Gasteiger partial charge in [-0.15, -0.1) is 6.58 Å². The van der Waals surface area contributed by atoms with Crippen molar-refractivity contribution in [2.24, 2.45) is 0 Å². The first-order valence-corrected chi connectivity index (χ1v) is 12.4. The number of methoxy groups -OCH3 is 1. The normalized spacial score (nSPS) is 10.8. The van der Waals surface area contributed by atoms with Crippen LogP contribution in [0, 0.1) is 0 Å². The molecule has 1 aromatic heterocycles. The van der Waals surface area contributed by atoms with Crippen LogP contribution in [0.1, 0.15) is 28.2 Å². The van der Waals surface area contributed by atoms with Gasteiger partial charge in [0.15, 0.2) is 11.5 Å². The number of benzene rings is 3. The fraction of sp³-hybridized carbons (Fsp3) is 0.241. The van der Waals surface area contributed by atoms with Crippen LogP contribution in [0.25, 0.3) is 11.0 Å². The topological polar surface area (TPSA) is 65.4 Å². The van der Waals surface area contributed by atoms with E-state index in [9.17, 15) is 4.79 Å². The van der Waals surface area contributed by atoms with Gasteiger partial charge in [-0.3, -0.25) is 4.79 Å². The number of ether oxygens (including phenoxy) is 2. The number of rotatable bonds is 12. The number of halogens is 1. The molecule has 4 aromatic rings. The molecule has 0 radical (unpaired) electrons. The van der Waals surface area contributed by atoms with Gasteiger partial charge in [0, 0.05) is 19.5 Å². The summed E-state index contributed by atoms with van der Waals surface area (Å²) in [6.45, 7) is 5.52. The van der Waals surface area contributed by atoms with Crippen molar-refractivity contribution in [2.45, 2.75) is 25.8 Å². The van der Waals surface area contributed by atoms with Gasteiger partial charge in [0.25, 0.3) is 5.91 Å². The van der Waals surface area contributed by atoms with E-state index in [-0.39, 0.29) is 5.91 Å². The molecule has 0 bridgehead atoms. The molecule has 1 amide bonds. The number of carbonyl (C=O) groups is 1. The maximum absolute atomic E-state index is 12.5. The van der Waals surface area contributed by atoms with Crippen LogP contribution >= 0.6 is 11.6 Å². The Bertz CT molecular complexity index is 1350. The summed E-state index contributed by atoms with van der Waals surface area (Å²) in [5, 5.41) is 3.39. The number of nitrogens with zero attached hydrogens (tertiary/aromatic N) is 2. The van der Waals surface area contributed by atoms with Gasteiger partial charge < -0.3 is 19.4 Å². The fourth-order valence-corrected chi connectivity index (χ4v) is 4.35. The minimum Gasteiger partial charge on any atom is -0.493 e. The Labute approximate surface area is 216 Å². The van der Waals surface area contributed by atoms with Crippen LogP contribution < -0.4 is 14.8 Å². The number of hydrogen-bond donors (Lipinski definition) is 1. The average Bonchev–Trinajstić information content (AvgIpc) is 3.24. The van der Waals surface area contributed by atoms with E-state index in [2.05, 4.69) is 22.5 Å². The lowest BCUT2D eigenvalue weighted by molar-refractivity contribution is 0.0954. The van der Waals surface area contributed by atoms with Gasteiger partial charge in [0.1, 0.15) is 5.82 Å². The van der Waals surface area contributed by atoms with Crippen molar-refractivity contribution in [1.29, 1.82) is 0 Å². The molecule has 186 valence electrons. The van der Waals surface area contributed by atoms with Crippen molar-refractivity contribution in [3.8, 4) is 11.5 Å². The summed E-state index contributed by atoms with van der Waals surface area (Å²) in [4.78, 5) is 17.3. The van der Waals surface area contributed by atoms with Crippen molar-refractivity contribution in [3.05, 3.63) is 101 Å². The third-order valence-corrected chi connectivity index (χ3v) is 6.21. The Kier molecular flexibility index (Phi) is 8.63. The lowest BCUT2D eigenvalue weighted by atomic mass is 10.1. The van der Waals surface area contributed by atoms with Gasteiger partial charge in [-0.25, -0.2) is 4.98 Å². The van der Waals surface area contributed by atoms with Crippen molar-refractivity contribution in [3.63, 3.8) is 0 Å². The molecule has 0 spiro atoms. The molecule has 3 aromatic carbocycles. The molecular weight excluding hydrogens is 474 g/mol. The number of hydrogen-bond acceptors (Lipinski definition) is 4. The molecule has 0 aliphatic rings. The van der Waals surface area contributed by atoms with Gasteiger partial charge in [0.2, 0.25) is 0 Å². The lowest BCUT2D eigenvalue weighted by Gasteiger charge is -2.13. The second-order valence-electron chi connectivity index (χ2n) is 8.33. The third-order valence-electron chi connectivity index (χ3n) is 5.88. The van der Waals surface area contributed by atoms with Crippen molar-refractivity contribution in [2.75, 3.05) is 20.3 Å². The highest BCUT2D eigenvalue weighted by molar-refractivity contribution is 6.33. The molecule has 6 nitrogen and oxygen atoms in total. The molecular formula is C29H30ClN3O3. The predicted molar refractivity (Wildman–Crippen MR) is 144 cm³/mol. The maximum atomic E-state index is 12.5. The van der Waals surface area contributed by atoms with Gasteiger partial charge in [0.05, 0.1) is 35.3 Å². The van der Waals surface area contributed by atoms with Crippen molar-refractivity contribution in [1.82, 2.24) is 14.9 Å². The number of nitrogens with one attached hydrogen (secondary N) is 1. The Morgan fingerprint density at radius 3 is 2.72 bits per heavy atom. The third kappa shape index (κ3) is 6.07. The predicted octanol–water partition coefficient (Wildman–Crippen LogP) is 5.87. The zero-order valence-electron chi connectivity index (χ0n) is 20.4. The number of aromatic nitrogens is 2. The average molecular weight is 504 g/mol. The van der Waals surface area contributed by atoms with Crippen molar-refractivity contribution < 1.29 is 14.3 Å². The zero-order chi connectivity index (χ0) is 25.3. The van der Waals surface area contributed by atoms with Crippen LogP contribution in [0.2, 0.25) is 5.02 Å². The fourth-order valence-electron chi connectivity index (χ4n) is 4.12. The molecule has 0 unspecified atom stereocenters. The van der Waals surface area contributed by atoms with Gasteiger partial charge >= 0.3 is 0 Å². The minimum atomic E-state index is -0.190. The molecule has 0 fully saturated rings. The highest BCUT2D eigenvalue weighted by Gasteiger charge is 2.13. The van der Waals surface area contributed by atoms with Crippen LogP contribution in [0.3, 0.4) is 0 Å². The molecule has 36 heavy (non-hydrogen) atoms. The molecule has 0 aliphatic heterocycles. The van der Waals surface area contributed by atoms with Gasteiger partial charge in [-0.1, -0.05) is 48.0 Å². The van der Waals surface area contributed by atoms with Gasteiger partial charge in [-0.2, -0.15) is 0 Å². The molecule has 0 aliphatic carbocycles. The number of para-hydroxylation sites is 2. The van der Waals surface area contributed by atoms with Crippen LogP contribution in [0.4, 0.5) is 0 Å². The summed E-state index contributed by atoms with van der Waals surface area (Å²) in [5.74, 6) is 2.17. The molecule has 7 heteroatoms. The smallest absolute Gasteiger partial charge is 0.252 e. The summed E-state index contributed by atoms with van der Waals surface area (Å²) < 4.78 is 13.7. The van der Waals surface area contributed by atoms with E-state index in [4.69, 9.17) is 26.1 Å². The van der Waals surface area contributed by atoms with Crippen LogP contribution in [-0.2, 0) is 19.4 Å². The summed E-state index contributed by atoms with van der Waals surface area (Å²) in [7, 11) is 1.65. The Balaban J connectivity index is 1.38. The Hall–Kier alpha value is -3.77. The Morgan fingerprint density at radius 1 is 1.11 bits per heavy atom. The standard InChI is InChI=1S/C29H30ClN3O3/c1-3-9-21-14-15-26(27(20-21)35-2)36-19-8-18-33-25-13-7-6-12-24(25)32-28(33)16-17-31-29(34)22-10-4-5-11-23(22)30/h3-7,10-15,20H,1,8-9,16-19H2,2H3,(H,31,34). The second kappa shape index (κ2) is 12.3. The number of allylic oxidation sites excluding steroid dienone is 1. The first-order chi connectivity index (χ1) is 17.6. The lowest BCUT2D eigenvalue weighted by Crippen LogP contribution is -2.26. The van der Waals surface area contributed by atoms with E-state index in [0.717, 1.165) is 53.3 Å². The van der Waals surface area contributed by atoms with Crippen LogP contribution in [0.5, 0.6) is 11.5 Å². The Morgan fingerprint density at radius 2 is 1.92 bits per heavy atom. The van der Waals surface area contributed by atoms with Crippen LogP contribution in [0.15, 0.2) is 79.4 Å². The molecule has 4 rings (SSSR count). The van der Waals surface area contributed by atoms with E-state index < -0.39 is 0 Å². The first-order valence-electron chi connectivity index (χ1n) is 12.0. The second-order valence-corrected chi connectivity index (χ2v) is 8.74. The zero-order valence-corrected chi connectivity index (χ0v) is 21.1. The van der Waals surface area contributed by atoms with Crippen LogP contribution in [-0.4, -0.2) is 35.7 Å². The highest BCUT2D eigenvalue weighted by Crippen LogP contribution is 2.28. The molecule has 1 N–H and O–H groups in total. The SMILES string of the molecule is C=CCc1ccc(OCCCn2c(CCNC(=O)c3ccccc3Cl)nc3ccccc32)c(OC)c1. The summed E-state index contributed by atoms with van der Waals surface area (Å²) in [6.07, 6.45) is 4.04. The summed E-state index contributed by atoms with van der Waals surface area (Å²) in [6, 6.07) is 21.0. The number of carbonyl (C=O) groups excluding carboxylic acids is 1. The van der Waals surface area contributed by atoms with E-state index in [1.165, 1.54) is 0 Å². The maximum Gasteiger partial charge on any atom is 0.252 e. The minimum absolute atomic E-state index is 0.190. The monoisotopic (exact) mass is 503 g/mol. The molecule has 0 saturated carbocycles. The summed E-state index contributed by atoms with van der Waals surface area (Å²) >= 11 is 6.15.